The molecule has 6 rings (SSSR count). The number of amides is 8. The molecular weight excluding hydrogens is 2050 g/mol. The van der Waals surface area contributed by atoms with Crippen molar-refractivity contribution in [1.82, 2.24) is 81.3 Å². The number of nitrogens with two attached hydrogens (primary N) is 2. The molecule has 0 spiro atoms. The molecule has 3 saturated heterocycles. The highest BCUT2D eigenvalue weighted by molar-refractivity contribution is 14.1. The van der Waals surface area contributed by atoms with Crippen LogP contribution in [0.3, 0.4) is 0 Å². The molecule has 3 aliphatic rings. The summed E-state index contributed by atoms with van der Waals surface area (Å²) >= 11 is 1.95. The SMILES string of the molecule is CC(C)(C)OC(=O)CN1CCN(CC(=O)O)CCN(CC(=O)OC(C)(C)C)CCN(CC(=O)OC(C)(C)C)CC1.CN1C(=O)[C@@H](Cc2ccc(O)c(I)c2)NC(=O)CNC(=O)[C@H](Cc2ccc3ccccc3c2)NC(=O)[C@H](CCCN=C(N)N)NC(=O)[C@H]1CCCNC(=O)CCCCCNC(=O)C(CCCCC(=O)O)NC(=O)CN1CCN(CC(=O)OC(C)(C)C)CCN(CC(C)(C)C)CCN(CC(C)(C)C)CC1.O=C=O.O=C=O. The van der Waals surface area contributed by atoms with E-state index >= 15 is 0 Å². The van der Waals surface area contributed by atoms with E-state index in [-0.39, 0.29) is 187 Å². The molecule has 44 nitrogen and oxygen atoms in total. The first-order chi connectivity index (χ1) is 70.0. The first-order valence-corrected chi connectivity index (χ1v) is 52.5. The number of aromatic hydroxyl groups is 1. The summed E-state index contributed by atoms with van der Waals surface area (Å²) in [5.74, 6) is -8.07. The third kappa shape index (κ3) is 61.3. The van der Waals surface area contributed by atoms with Crippen LogP contribution in [-0.2, 0) is 118 Å². The predicted octanol–water partition coefficient (Wildman–Crippen LogP) is 3.91. The van der Waals surface area contributed by atoms with Crippen LogP contribution in [-0.4, -0.2) is 404 Å². The monoisotopic (exact) mass is 2220 g/mol. The fraction of sp³-hybridized carbons (Fsp3) is 0.686. The van der Waals surface area contributed by atoms with Gasteiger partial charge in [-0.15, -0.1) is 0 Å². The normalized spacial score (nSPS) is 18.3. The molecule has 3 aromatic carbocycles. The Morgan fingerprint density at radius 2 is 0.867 bits per heavy atom. The number of carboxylic acids is 2. The lowest BCUT2D eigenvalue weighted by molar-refractivity contribution is -0.193. The number of phenolic OH excluding ortho intramolecular Hbond substituents is 1. The zero-order valence-electron chi connectivity index (χ0n) is 91.7. The van der Waals surface area contributed by atoms with Gasteiger partial charge in [-0.2, -0.15) is 19.2 Å². The number of esters is 4. The second-order valence-corrected chi connectivity index (χ2v) is 45.5. The number of guanidine groups is 1. The third-order valence-electron chi connectivity index (χ3n) is 23.3. The van der Waals surface area contributed by atoms with E-state index in [4.69, 9.17) is 49.6 Å². The topological polar surface area (TPSA) is 583 Å². The van der Waals surface area contributed by atoms with Crippen molar-refractivity contribution in [3.8, 4) is 5.75 Å². The lowest BCUT2D eigenvalue weighted by atomic mass is 9.95. The molecule has 0 saturated carbocycles. The van der Waals surface area contributed by atoms with Gasteiger partial charge in [0.15, 0.2) is 5.96 Å². The summed E-state index contributed by atoms with van der Waals surface area (Å²) in [6.45, 7) is 45.5. The second-order valence-electron chi connectivity index (χ2n) is 44.3. The Bertz CT molecular complexity index is 4840. The molecule has 3 heterocycles. The van der Waals surface area contributed by atoms with Gasteiger partial charge in [-0.1, -0.05) is 103 Å². The molecule has 45 heteroatoms. The van der Waals surface area contributed by atoms with E-state index in [2.05, 4.69) is 103 Å². The number of fused-ring (bicyclic) bond motifs is 1. The zero-order valence-corrected chi connectivity index (χ0v) is 93.8. The molecule has 842 valence electrons. The Kier molecular flexibility index (Phi) is 59.6. The maximum absolute atomic E-state index is 14.8. The largest absolute Gasteiger partial charge is 0.507 e. The van der Waals surface area contributed by atoms with E-state index in [1.54, 1.807) is 58.6 Å². The number of halogens is 1. The lowest BCUT2D eigenvalue weighted by Gasteiger charge is -2.37. The molecule has 1 unspecified atom stereocenters. The van der Waals surface area contributed by atoms with Gasteiger partial charge < -0.3 is 97.7 Å². The van der Waals surface area contributed by atoms with E-state index in [1.807, 2.05) is 121 Å². The molecular formula is C105H170IN19O25. The molecule has 0 bridgehead atoms. The van der Waals surface area contributed by atoms with Gasteiger partial charge in [0.25, 0.3) is 0 Å². The van der Waals surface area contributed by atoms with Crippen LogP contribution in [0, 0.1) is 14.4 Å². The highest BCUT2D eigenvalue weighted by atomic mass is 127. The van der Waals surface area contributed by atoms with Crippen LogP contribution < -0.4 is 48.7 Å². The third-order valence-corrected chi connectivity index (χ3v) is 24.2. The highest BCUT2D eigenvalue weighted by Gasteiger charge is 2.38. The van der Waals surface area contributed by atoms with E-state index in [9.17, 15) is 82.4 Å². The van der Waals surface area contributed by atoms with Gasteiger partial charge in [0.05, 0.1) is 49.4 Å². The Morgan fingerprint density at radius 3 is 1.31 bits per heavy atom. The van der Waals surface area contributed by atoms with E-state index in [0.29, 0.717) is 132 Å². The molecule has 3 fully saturated rings. The van der Waals surface area contributed by atoms with Crippen LogP contribution in [0.15, 0.2) is 65.7 Å². The summed E-state index contributed by atoms with van der Waals surface area (Å²) < 4.78 is 22.8. The van der Waals surface area contributed by atoms with Crippen LogP contribution in [0.2, 0.25) is 0 Å². The van der Waals surface area contributed by atoms with Gasteiger partial charge in [-0.3, -0.25) is 102 Å². The molecule has 0 aromatic heterocycles. The minimum Gasteiger partial charge on any atom is -0.507 e. The minimum atomic E-state index is -1.28. The Hall–Kier alpha value is -11.3. The van der Waals surface area contributed by atoms with Crippen molar-refractivity contribution in [1.29, 1.82) is 0 Å². The van der Waals surface area contributed by atoms with Crippen LogP contribution >= 0.6 is 22.6 Å². The van der Waals surface area contributed by atoms with Crippen LogP contribution in [0.5, 0.6) is 5.75 Å². The number of aliphatic imine (C=N–C) groups is 1. The standard InChI is InChI=1S/C75H118IN15O13.C28H52N4O8.2CO2/c1-73(2,3)49-90-38-36-88(34-35-89(48-66(98)104-75(7,8)9)37-39-91(41-40-90)50-74(4,5)6)47-64(95)83-56(22-15-16-26-65(96)97)67(99)80-31-17-11-12-25-62(93)79-32-19-24-60-70(102)85-57(23-18-33-81-72(77)78)69(101)86-58(44-51-27-29-53-20-13-14-21-54(53)42-51)68(100)82-46-63(94)84-59(71(103)87(60)10)45-52-28-30-61(92)55(76)43-52;1-26(2,3)38-23(35)19-30-12-10-29(18-22(33)34)11-13-31(20-24(36)39-27(4,5)6)15-17-32(16-14-30)21-25(37)40-28(7,8)9;2*2-1-3/h13-14,20-21,27-30,42-43,56-60,92H,11-12,15-19,22-26,31-41,44-50H2,1-10H3,(H,79,93)(H,80,99)(H,82,100)(H,83,95)(H,84,94)(H,85,102)(H,86,101)(H,96,97)(H4,77,78,81);10-21H2,1-9H3,(H,33,34);;/t56?,57-,58-,59+,60+;;;/m0.../s1. The van der Waals surface area contributed by atoms with E-state index in [0.717, 1.165) is 43.5 Å². The Morgan fingerprint density at radius 1 is 0.453 bits per heavy atom. The second kappa shape index (κ2) is 67.2. The quantitative estimate of drug-likeness (QED) is 0.00962. The summed E-state index contributed by atoms with van der Waals surface area (Å²) in [7, 11) is 1.41. The van der Waals surface area contributed by atoms with Gasteiger partial charge in [0.1, 0.15) is 58.4 Å². The van der Waals surface area contributed by atoms with Crippen molar-refractivity contribution in [2.24, 2.45) is 27.3 Å². The lowest BCUT2D eigenvalue weighted by Crippen LogP contribution is -2.58. The van der Waals surface area contributed by atoms with Crippen molar-refractivity contribution in [2.45, 2.75) is 267 Å². The number of nitrogens with zero attached hydrogens (tertiary/aromatic N) is 10. The van der Waals surface area contributed by atoms with Crippen molar-refractivity contribution >= 4 is 135 Å². The zero-order chi connectivity index (χ0) is 113. The van der Waals surface area contributed by atoms with Gasteiger partial charge in [0, 0.05) is 170 Å². The smallest absolute Gasteiger partial charge is 0.373 e. The molecule has 0 aliphatic carbocycles. The van der Waals surface area contributed by atoms with Crippen molar-refractivity contribution in [2.75, 3.05) is 190 Å². The summed E-state index contributed by atoms with van der Waals surface area (Å²) in [4.78, 5) is 242. The Balaban J connectivity index is 0.00000104. The summed E-state index contributed by atoms with van der Waals surface area (Å²) in [5, 5.41) is 50.9. The van der Waals surface area contributed by atoms with E-state index in [1.165, 1.54) is 18.0 Å². The molecule has 0 radical (unpaired) electrons. The molecule has 5 atom stereocenters. The number of ether oxygens (including phenoxy) is 4. The number of unbranched alkanes of at least 4 members (excludes halogenated alkanes) is 3. The molecule has 14 N–H and O–H groups in total. The summed E-state index contributed by atoms with van der Waals surface area (Å²) in [5.41, 5.74) is 10.0. The maximum atomic E-state index is 14.8. The number of carboxylic acid groups (broad SMARTS) is 2. The predicted molar refractivity (Wildman–Crippen MR) is 571 cm³/mol. The van der Waals surface area contributed by atoms with Crippen molar-refractivity contribution < 1.29 is 121 Å². The maximum Gasteiger partial charge on any atom is 0.373 e. The average Bonchev–Trinajstić information content (AvgIpc) is 1.47. The number of phenols is 1. The fourth-order valence-corrected chi connectivity index (χ4v) is 17.3. The number of nitrogens with one attached hydrogen (secondary N) is 7. The van der Waals surface area contributed by atoms with Gasteiger partial charge >= 0.3 is 48.1 Å². The number of carbonyl (C=O) groups is 14. The summed E-state index contributed by atoms with van der Waals surface area (Å²) in [6, 6.07) is 12.0. The van der Waals surface area contributed by atoms with Gasteiger partial charge in [0.2, 0.25) is 47.3 Å². The number of hydrogen-bond acceptors (Lipinski definition) is 32. The molecule has 3 aliphatic heterocycles. The number of likely N-dealkylation sites (N-methyl/N-ethyl adjacent to an activating group) is 1. The number of benzene rings is 3. The van der Waals surface area contributed by atoms with E-state index < -0.39 is 107 Å². The molecule has 3 aromatic rings. The van der Waals surface area contributed by atoms with Gasteiger partial charge in [-0.05, 0) is 202 Å². The Labute approximate surface area is 897 Å². The van der Waals surface area contributed by atoms with Crippen LogP contribution in [0.1, 0.15) is 213 Å². The van der Waals surface area contributed by atoms with Crippen molar-refractivity contribution in [3.05, 3.63) is 75.4 Å². The molecule has 150 heavy (non-hydrogen) atoms. The number of carbonyl (C=O) groups excluding carboxylic acids is 16. The minimum absolute atomic E-state index is 0.0106. The average molecular weight is 2230 g/mol. The highest BCUT2D eigenvalue weighted by Crippen LogP contribution is 2.26. The van der Waals surface area contributed by atoms with Crippen LogP contribution in [0.25, 0.3) is 10.8 Å². The van der Waals surface area contributed by atoms with Crippen LogP contribution in [0.4, 0.5) is 0 Å². The fourth-order valence-electron chi connectivity index (χ4n) is 16.7. The number of rotatable bonds is 39. The first-order valence-electron chi connectivity index (χ1n) is 51.4. The number of aliphatic carboxylic acids is 2. The van der Waals surface area contributed by atoms with Crippen molar-refractivity contribution in [3.63, 3.8) is 0 Å². The number of hydrogen-bond donors (Lipinski definition) is 12. The first kappa shape index (κ1) is 133. The molecule has 8 amide bonds. The summed E-state index contributed by atoms with van der Waals surface area (Å²) in [6.07, 6.45) is 3.30. The van der Waals surface area contributed by atoms with Gasteiger partial charge in [-0.25, -0.2) is 0 Å².